The molecule has 0 bridgehead atoms. The van der Waals surface area contributed by atoms with Crippen molar-refractivity contribution >= 4 is 43.9 Å². The Kier molecular flexibility index (Phi) is 8.03. The van der Waals surface area contributed by atoms with Crippen LogP contribution < -0.4 is 0 Å². The highest BCUT2D eigenvalue weighted by Gasteiger charge is 2.25. The average molecular weight is 782 g/mol. The van der Waals surface area contributed by atoms with Gasteiger partial charge >= 0.3 is 0 Å². The van der Waals surface area contributed by atoms with E-state index >= 15 is 0 Å². The molecule has 7 nitrogen and oxygen atoms in total. The molecule has 0 atom stereocenters. The van der Waals surface area contributed by atoms with Crippen molar-refractivity contribution in [2.75, 3.05) is 0 Å². The highest BCUT2D eigenvalue weighted by molar-refractivity contribution is 6.18. The molecule has 0 radical (unpaired) electrons. The lowest BCUT2D eigenvalue weighted by Gasteiger charge is -2.12. The molecule has 0 unspecified atom stereocenters. The van der Waals surface area contributed by atoms with E-state index in [0.29, 0.717) is 17.5 Å². The summed E-state index contributed by atoms with van der Waals surface area (Å²) in [5.41, 5.74) is 12.0. The fourth-order valence-corrected chi connectivity index (χ4v) is 8.75. The molecule has 12 aromatic rings. The lowest BCUT2D eigenvalue weighted by atomic mass is 10.1. The van der Waals surface area contributed by atoms with Gasteiger partial charge in [-0.2, -0.15) is 0 Å². The van der Waals surface area contributed by atoms with Crippen LogP contribution in [0.4, 0.5) is 0 Å². The van der Waals surface area contributed by atoms with Gasteiger partial charge in [0.05, 0.1) is 16.6 Å². The van der Waals surface area contributed by atoms with E-state index in [-0.39, 0.29) is 0 Å². The van der Waals surface area contributed by atoms with Gasteiger partial charge in [0, 0.05) is 55.5 Å². The summed E-state index contributed by atoms with van der Waals surface area (Å²) >= 11 is 0. The van der Waals surface area contributed by atoms with E-state index in [2.05, 4.69) is 159 Å². The first-order chi connectivity index (χ1) is 30.3. The molecule has 8 aromatic carbocycles. The molecule has 0 aliphatic carbocycles. The molecular weight excluding hydrogens is 747 g/mol. The van der Waals surface area contributed by atoms with Crippen molar-refractivity contribution in [3.8, 4) is 62.6 Å². The van der Waals surface area contributed by atoms with Gasteiger partial charge < -0.3 is 4.57 Å². The Labute approximate surface area is 351 Å². The van der Waals surface area contributed by atoms with Gasteiger partial charge in [-0.05, 0) is 54.6 Å². The molecule has 4 aromatic heterocycles. The molecule has 61 heavy (non-hydrogen) atoms. The van der Waals surface area contributed by atoms with Crippen molar-refractivity contribution in [2.45, 2.75) is 0 Å². The summed E-state index contributed by atoms with van der Waals surface area (Å²) in [5.74, 6) is 2.70. The second-order valence-corrected chi connectivity index (χ2v) is 15.1. The largest absolute Gasteiger partial charge is 0.309 e. The third-order valence-electron chi connectivity index (χ3n) is 11.5. The van der Waals surface area contributed by atoms with Crippen LogP contribution in [0, 0.1) is 0 Å². The fraction of sp³-hybridized carbons (Fsp3) is 0. The fourth-order valence-electron chi connectivity index (χ4n) is 8.75. The van der Waals surface area contributed by atoms with Crippen LogP contribution in [0.25, 0.3) is 106 Å². The maximum atomic E-state index is 5.58. The predicted octanol–water partition coefficient (Wildman–Crippen LogP) is 12.9. The predicted molar refractivity (Wildman–Crippen MR) is 247 cm³/mol. The van der Waals surface area contributed by atoms with Gasteiger partial charge in [0.15, 0.2) is 23.1 Å². The summed E-state index contributed by atoms with van der Waals surface area (Å²) in [5, 5.41) is 3.47. The van der Waals surface area contributed by atoms with Crippen LogP contribution in [0.1, 0.15) is 0 Å². The number of aromatic nitrogens is 7. The summed E-state index contributed by atoms with van der Waals surface area (Å²) in [6, 6.07) is 73.7. The molecular formula is C54H35N7. The average Bonchev–Trinajstić information content (AvgIpc) is 3.99. The Hall–Kier alpha value is -8.42. The zero-order valence-corrected chi connectivity index (χ0v) is 32.8. The lowest BCUT2D eigenvalue weighted by molar-refractivity contribution is 1.07. The van der Waals surface area contributed by atoms with Gasteiger partial charge in [-0.15, -0.1) is 0 Å². The lowest BCUT2D eigenvalue weighted by Crippen LogP contribution is -2.01. The normalized spacial score (nSPS) is 11.6. The standard InChI is InChI=1S/C54H35N7/c1-6-19-36(20-7-1)50-55-51(37-21-8-2-9-22-37)57-52(56-50)39-25-18-30-42(33-39)60-48-35-47-44(43-31-16-17-32-46(43)59(47)40-26-12-4-13-27-40)34-45(48)49-54(60)58-53(38-23-10-3-11-24-38)61(49)41-28-14-5-15-29-41/h1-35H. The maximum Gasteiger partial charge on any atom is 0.165 e. The quantitative estimate of drug-likeness (QED) is 0.161. The Balaban J connectivity index is 1.18. The van der Waals surface area contributed by atoms with E-state index in [1.165, 1.54) is 10.8 Å². The first kappa shape index (κ1) is 34.6. The Bertz CT molecular complexity index is 3500. The van der Waals surface area contributed by atoms with Crippen molar-refractivity contribution in [1.82, 2.24) is 33.6 Å². The molecule has 12 rings (SSSR count). The summed E-state index contributed by atoms with van der Waals surface area (Å²) < 4.78 is 7.00. The van der Waals surface area contributed by atoms with Gasteiger partial charge in [0.1, 0.15) is 11.3 Å². The number of hydrogen-bond donors (Lipinski definition) is 0. The molecule has 7 heteroatoms. The summed E-state index contributed by atoms with van der Waals surface area (Å²) in [7, 11) is 0. The minimum absolute atomic E-state index is 0.591. The highest BCUT2D eigenvalue weighted by atomic mass is 15.2. The second kappa shape index (κ2) is 14.1. The van der Waals surface area contributed by atoms with Crippen LogP contribution in [-0.2, 0) is 0 Å². The van der Waals surface area contributed by atoms with Gasteiger partial charge in [-0.1, -0.05) is 158 Å². The first-order valence-electron chi connectivity index (χ1n) is 20.4. The van der Waals surface area contributed by atoms with Crippen molar-refractivity contribution in [3.05, 3.63) is 212 Å². The topological polar surface area (TPSA) is 66.3 Å². The molecule has 0 spiro atoms. The van der Waals surface area contributed by atoms with Gasteiger partial charge in [0.25, 0.3) is 0 Å². The van der Waals surface area contributed by atoms with Crippen LogP contribution in [0.15, 0.2) is 212 Å². The van der Waals surface area contributed by atoms with E-state index in [1.54, 1.807) is 0 Å². The summed E-state index contributed by atoms with van der Waals surface area (Å²) in [6.45, 7) is 0. The number of fused-ring (bicyclic) bond motifs is 6. The molecule has 0 aliphatic rings. The third kappa shape index (κ3) is 5.74. The van der Waals surface area contributed by atoms with Crippen LogP contribution in [-0.4, -0.2) is 33.6 Å². The number of nitrogens with zero attached hydrogens (tertiary/aromatic N) is 7. The third-order valence-corrected chi connectivity index (χ3v) is 11.5. The molecule has 0 saturated carbocycles. The van der Waals surface area contributed by atoms with Gasteiger partial charge in [-0.3, -0.25) is 9.13 Å². The van der Waals surface area contributed by atoms with Crippen molar-refractivity contribution < 1.29 is 0 Å². The maximum absolute atomic E-state index is 5.58. The van der Waals surface area contributed by atoms with Crippen molar-refractivity contribution in [2.24, 2.45) is 0 Å². The zero-order chi connectivity index (χ0) is 40.3. The van der Waals surface area contributed by atoms with Crippen LogP contribution in [0.2, 0.25) is 0 Å². The van der Waals surface area contributed by atoms with Crippen LogP contribution >= 0.6 is 0 Å². The van der Waals surface area contributed by atoms with Crippen LogP contribution in [0.5, 0.6) is 0 Å². The minimum atomic E-state index is 0.591. The zero-order valence-electron chi connectivity index (χ0n) is 32.8. The molecule has 0 saturated heterocycles. The Morgan fingerprint density at radius 1 is 0.279 bits per heavy atom. The van der Waals surface area contributed by atoms with E-state index < -0.39 is 0 Å². The number of para-hydroxylation sites is 3. The molecule has 0 N–H and O–H groups in total. The monoisotopic (exact) mass is 781 g/mol. The molecule has 0 amide bonds. The van der Waals surface area contributed by atoms with Crippen molar-refractivity contribution in [3.63, 3.8) is 0 Å². The van der Waals surface area contributed by atoms with E-state index in [1.807, 2.05) is 66.7 Å². The van der Waals surface area contributed by atoms with Crippen molar-refractivity contribution in [1.29, 1.82) is 0 Å². The molecule has 4 heterocycles. The minimum Gasteiger partial charge on any atom is -0.309 e. The molecule has 0 fully saturated rings. The molecule has 286 valence electrons. The summed E-state index contributed by atoms with van der Waals surface area (Å²) in [4.78, 5) is 20.7. The second-order valence-electron chi connectivity index (χ2n) is 15.1. The number of benzene rings is 8. The number of rotatable bonds is 7. The SMILES string of the molecule is c1ccc(-c2nc(-c3ccccc3)nc(-c3cccc(-n4c5cc6c(cc5c5c4nc(-c4ccccc4)n5-c4ccccc4)c4ccccc4n6-c4ccccc4)c3)n2)cc1. The smallest absolute Gasteiger partial charge is 0.165 e. The van der Waals surface area contributed by atoms with E-state index in [4.69, 9.17) is 19.9 Å². The highest BCUT2D eigenvalue weighted by Crippen LogP contribution is 2.42. The van der Waals surface area contributed by atoms with Gasteiger partial charge in [0.2, 0.25) is 0 Å². The number of imidazole rings is 1. The van der Waals surface area contributed by atoms with E-state index in [0.717, 1.165) is 78.2 Å². The Morgan fingerprint density at radius 2 is 0.754 bits per heavy atom. The van der Waals surface area contributed by atoms with Gasteiger partial charge in [-0.25, -0.2) is 19.9 Å². The first-order valence-corrected chi connectivity index (χ1v) is 20.4. The number of hydrogen-bond acceptors (Lipinski definition) is 4. The van der Waals surface area contributed by atoms with Crippen LogP contribution in [0.3, 0.4) is 0 Å². The van der Waals surface area contributed by atoms with E-state index in [9.17, 15) is 0 Å². The molecule has 0 aliphatic heterocycles. The summed E-state index contributed by atoms with van der Waals surface area (Å²) in [6.07, 6.45) is 0. The Morgan fingerprint density at radius 3 is 1.38 bits per heavy atom.